The summed E-state index contributed by atoms with van der Waals surface area (Å²) < 4.78 is 7.09. The van der Waals surface area contributed by atoms with Crippen LogP contribution in [0.3, 0.4) is 0 Å². The molecule has 1 heterocycles. The van der Waals surface area contributed by atoms with E-state index >= 15 is 0 Å². The summed E-state index contributed by atoms with van der Waals surface area (Å²) in [5.41, 5.74) is 14.7. The van der Waals surface area contributed by atoms with Crippen molar-refractivity contribution in [1.29, 1.82) is 0 Å². The molecular formula is C54H53NO. The first-order chi connectivity index (χ1) is 27.2. The molecule has 0 radical (unpaired) electrons. The molecule has 0 atom stereocenters. The Morgan fingerprint density at radius 2 is 1.02 bits per heavy atom. The van der Waals surface area contributed by atoms with Crippen molar-refractivity contribution in [3.8, 4) is 33.8 Å². The van der Waals surface area contributed by atoms with E-state index in [2.05, 4.69) is 172 Å². The summed E-state index contributed by atoms with van der Waals surface area (Å²) in [7, 11) is 0. The van der Waals surface area contributed by atoms with Crippen molar-refractivity contribution in [3.63, 3.8) is 0 Å². The first-order valence-corrected chi connectivity index (χ1v) is 21.3. The standard InChI is InChI=1S/C54H53NO/c1-52(2)26-27-53(3,4)47-33-43(22-24-46(47)52)55(42-20-18-38(19-21-42)37-12-7-5-8-13-37)44-23-25-49-48(34-44)54(40-29-35-28-36(31-40)32-41(54)30-35)51-45(16-11-17-50(51)56-49)39-14-9-6-10-15-39/h5-25,33-36,40-41H,26-32H2,1-4H3. The van der Waals surface area contributed by atoms with E-state index in [1.165, 1.54) is 107 Å². The highest BCUT2D eigenvalue weighted by Gasteiger charge is 2.62. The first-order valence-electron chi connectivity index (χ1n) is 21.3. The third-order valence-corrected chi connectivity index (χ3v) is 15.2. The largest absolute Gasteiger partial charge is 0.457 e. The van der Waals surface area contributed by atoms with Crippen LogP contribution in [0.1, 0.15) is 94.9 Å². The molecule has 4 bridgehead atoms. The van der Waals surface area contributed by atoms with Crippen LogP contribution in [0.5, 0.6) is 11.5 Å². The highest BCUT2D eigenvalue weighted by atomic mass is 16.5. The third-order valence-electron chi connectivity index (χ3n) is 15.2. The molecule has 56 heavy (non-hydrogen) atoms. The van der Waals surface area contributed by atoms with Crippen LogP contribution in [0.25, 0.3) is 22.3 Å². The Balaban J connectivity index is 1.13. The molecule has 0 N–H and O–H groups in total. The number of hydrogen-bond donors (Lipinski definition) is 0. The number of nitrogens with zero attached hydrogens (tertiary/aromatic N) is 1. The fourth-order valence-corrected chi connectivity index (χ4v) is 12.6. The summed E-state index contributed by atoms with van der Waals surface area (Å²) in [5, 5.41) is 0. The lowest BCUT2D eigenvalue weighted by Gasteiger charge is -2.63. The first kappa shape index (κ1) is 34.2. The zero-order valence-corrected chi connectivity index (χ0v) is 33.4. The molecule has 4 saturated carbocycles. The molecule has 2 heteroatoms. The number of hydrogen-bond acceptors (Lipinski definition) is 2. The summed E-state index contributed by atoms with van der Waals surface area (Å²) in [6, 6.07) is 52.5. The van der Waals surface area contributed by atoms with E-state index in [4.69, 9.17) is 4.74 Å². The predicted molar refractivity (Wildman–Crippen MR) is 232 cm³/mol. The Kier molecular flexibility index (Phi) is 7.61. The number of benzene rings is 6. The average Bonchev–Trinajstić information content (AvgIpc) is 3.22. The number of fused-ring (bicyclic) bond motifs is 3. The highest BCUT2D eigenvalue weighted by molar-refractivity contribution is 5.82. The Morgan fingerprint density at radius 1 is 0.464 bits per heavy atom. The van der Waals surface area contributed by atoms with Gasteiger partial charge in [0, 0.05) is 33.6 Å². The average molecular weight is 732 g/mol. The van der Waals surface area contributed by atoms with E-state index in [0.29, 0.717) is 11.8 Å². The van der Waals surface area contributed by atoms with Gasteiger partial charge < -0.3 is 9.64 Å². The van der Waals surface area contributed by atoms with Crippen molar-refractivity contribution in [1.82, 2.24) is 0 Å². The van der Waals surface area contributed by atoms with Crippen molar-refractivity contribution in [2.24, 2.45) is 23.7 Å². The van der Waals surface area contributed by atoms with Crippen molar-refractivity contribution < 1.29 is 4.74 Å². The zero-order valence-electron chi connectivity index (χ0n) is 33.4. The maximum absolute atomic E-state index is 7.09. The van der Waals surface area contributed by atoms with Crippen LogP contribution in [-0.4, -0.2) is 0 Å². The monoisotopic (exact) mass is 731 g/mol. The molecule has 0 saturated heterocycles. The molecular weight excluding hydrogens is 679 g/mol. The quantitative estimate of drug-likeness (QED) is 0.175. The molecule has 280 valence electrons. The molecule has 0 aromatic heterocycles. The molecule has 4 fully saturated rings. The topological polar surface area (TPSA) is 12.5 Å². The second kappa shape index (κ2) is 12.5. The second-order valence-corrected chi connectivity index (χ2v) is 19.2. The number of anilines is 3. The van der Waals surface area contributed by atoms with Crippen molar-refractivity contribution in [3.05, 3.63) is 162 Å². The predicted octanol–water partition coefficient (Wildman–Crippen LogP) is 14.7. The van der Waals surface area contributed by atoms with Crippen LogP contribution in [0.2, 0.25) is 0 Å². The van der Waals surface area contributed by atoms with Crippen LogP contribution < -0.4 is 9.64 Å². The zero-order chi connectivity index (χ0) is 37.8. The van der Waals surface area contributed by atoms with E-state index < -0.39 is 0 Å². The minimum absolute atomic E-state index is 0.0938. The fourth-order valence-electron chi connectivity index (χ4n) is 12.6. The van der Waals surface area contributed by atoms with Crippen molar-refractivity contribution in [2.75, 3.05) is 4.90 Å². The van der Waals surface area contributed by atoms with Crippen LogP contribution in [0.4, 0.5) is 17.1 Å². The van der Waals surface area contributed by atoms with Gasteiger partial charge in [0.1, 0.15) is 11.5 Å². The van der Waals surface area contributed by atoms with Crippen molar-refractivity contribution in [2.45, 2.75) is 88.9 Å². The highest BCUT2D eigenvalue weighted by Crippen LogP contribution is 2.70. The normalized spacial score (nSPS) is 25.9. The van der Waals surface area contributed by atoms with E-state index in [9.17, 15) is 0 Å². The van der Waals surface area contributed by atoms with Crippen LogP contribution in [0, 0.1) is 23.7 Å². The van der Waals surface area contributed by atoms with E-state index in [1.54, 1.807) is 0 Å². The molecule has 1 spiro atoms. The molecule has 1 aliphatic heterocycles. The minimum atomic E-state index is -0.0938. The van der Waals surface area contributed by atoms with Gasteiger partial charge in [-0.15, -0.1) is 0 Å². The second-order valence-electron chi connectivity index (χ2n) is 19.2. The molecule has 6 aliphatic rings. The maximum Gasteiger partial charge on any atom is 0.132 e. The maximum atomic E-state index is 7.09. The van der Waals surface area contributed by atoms with Gasteiger partial charge in [-0.2, -0.15) is 0 Å². The summed E-state index contributed by atoms with van der Waals surface area (Å²) in [4.78, 5) is 2.54. The molecule has 2 nitrogen and oxygen atoms in total. The van der Waals surface area contributed by atoms with Gasteiger partial charge in [-0.25, -0.2) is 0 Å². The lowest BCUT2D eigenvalue weighted by molar-refractivity contribution is -0.0449. The van der Waals surface area contributed by atoms with Gasteiger partial charge in [-0.3, -0.25) is 0 Å². The number of ether oxygens (including phenoxy) is 1. The Bertz CT molecular complexity index is 2430. The Labute approximate surface area is 333 Å². The Morgan fingerprint density at radius 3 is 1.68 bits per heavy atom. The summed E-state index contributed by atoms with van der Waals surface area (Å²) in [6.45, 7) is 9.74. The van der Waals surface area contributed by atoms with Crippen molar-refractivity contribution >= 4 is 17.1 Å². The lowest BCUT2D eigenvalue weighted by Crippen LogP contribution is -2.57. The summed E-state index contributed by atoms with van der Waals surface area (Å²) in [5.74, 6) is 5.02. The summed E-state index contributed by atoms with van der Waals surface area (Å²) in [6.07, 6.45) is 9.10. The van der Waals surface area contributed by atoms with Gasteiger partial charge in [0.15, 0.2) is 0 Å². The van der Waals surface area contributed by atoms with Gasteiger partial charge in [-0.1, -0.05) is 119 Å². The van der Waals surface area contributed by atoms with Crippen LogP contribution >= 0.6 is 0 Å². The van der Waals surface area contributed by atoms with E-state index in [0.717, 1.165) is 23.3 Å². The van der Waals surface area contributed by atoms with Crippen LogP contribution in [0.15, 0.2) is 140 Å². The van der Waals surface area contributed by atoms with Gasteiger partial charge in [-0.05, 0) is 161 Å². The molecule has 0 amide bonds. The van der Waals surface area contributed by atoms with Gasteiger partial charge in [0.2, 0.25) is 0 Å². The van der Waals surface area contributed by atoms with Gasteiger partial charge in [0.05, 0.1) is 0 Å². The Hall–Kier alpha value is -5.08. The molecule has 6 aromatic rings. The third kappa shape index (κ3) is 5.13. The molecule has 6 aromatic carbocycles. The van der Waals surface area contributed by atoms with Crippen LogP contribution in [-0.2, 0) is 16.2 Å². The summed E-state index contributed by atoms with van der Waals surface area (Å²) >= 11 is 0. The smallest absolute Gasteiger partial charge is 0.132 e. The van der Waals surface area contributed by atoms with Gasteiger partial charge >= 0.3 is 0 Å². The fraction of sp³-hybridized carbons (Fsp3) is 0.333. The van der Waals surface area contributed by atoms with E-state index in [-0.39, 0.29) is 16.2 Å². The SMILES string of the molecule is CC1(C)CCC(C)(C)c2cc(N(c3ccc(-c4ccccc4)cc3)c3ccc4c(c3)C3(c5c(cccc5-c5ccccc5)O4)C4CC5CC(C4)CC3C5)ccc21. The molecule has 12 rings (SSSR count). The number of rotatable bonds is 5. The van der Waals surface area contributed by atoms with Gasteiger partial charge in [0.25, 0.3) is 0 Å². The lowest BCUT2D eigenvalue weighted by atomic mass is 9.41. The molecule has 0 unspecified atom stereocenters. The van der Waals surface area contributed by atoms with E-state index in [1.807, 2.05) is 0 Å². The minimum Gasteiger partial charge on any atom is -0.457 e. The molecule has 5 aliphatic carbocycles.